The summed E-state index contributed by atoms with van der Waals surface area (Å²) in [5, 5.41) is 8.80. The first-order chi connectivity index (χ1) is 11.4. The van der Waals surface area contributed by atoms with Gasteiger partial charge in [0, 0.05) is 19.5 Å². The number of aliphatic carboxylic acids is 1. The van der Waals surface area contributed by atoms with Crippen LogP contribution >= 0.6 is 0 Å². The predicted molar refractivity (Wildman–Crippen MR) is 92.1 cm³/mol. The highest BCUT2D eigenvalue weighted by Crippen LogP contribution is 2.19. The highest BCUT2D eigenvalue weighted by atomic mass is 32.2. The number of aryl methyl sites for hydroxylation is 1. The van der Waals surface area contributed by atoms with Crippen molar-refractivity contribution < 1.29 is 18.3 Å². The van der Waals surface area contributed by atoms with E-state index in [4.69, 9.17) is 5.11 Å². The number of benzene rings is 2. The monoisotopic (exact) mass is 347 g/mol. The zero-order valence-corrected chi connectivity index (χ0v) is 14.4. The smallest absolute Gasteiger partial charge is 0.303 e. The predicted octanol–water partition coefficient (Wildman–Crippen LogP) is 3.05. The van der Waals surface area contributed by atoms with Crippen molar-refractivity contribution in [2.45, 2.75) is 31.2 Å². The Balaban J connectivity index is 2.25. The molecule has 0 atom stereocenters. The summed E-state index contributed by atoms with van der Waals surface area (Å²) in [7, 11) is -3.67. The van der Waals surface area contributed by atoms with Crippen molar-refractivity contribution in [3.8, 4) is 0 Å². The Morgan fingerprint density at radius 1 is 1.04 bits per heavy atom. The second-order valence-corrected chi connectivity index (χ2v) is 7.57. The van der Waals surface area contributed by atoms with Crippen LogP contribution in [0.2, 0.25) is 0 Å². The van der Waals surface area contributed by atoms with Gasteiger partial charge in [-0.2, -0.15) is 4.31 Å². The molecule has 0 spiro atoms. The quantitative estimate of drug-likeness (QED) is 0.796. The van der Waals surface area contributed by atoms with E-state index in [0.29, 0.717) is 0 Å². The van der Waals surface area contributed by atoms with E-state index in [1.54, 1.807) is 24.3 Å². The second-order valence-electron chi connectivity index (χ2n) is 5.63. The lowest BCUT2D eigenvalue weighted by molar-refractivity contribution is -0.137. The van der Waals surface area contributed by atoms with E-state index in [-0.39, 0.29) is 30.8 Å². The maximum absolute atomic E-state index is 12.9. The number of hydrogen-bond donors (Lipinski definition) is 1. The summed E-state index contributed by atoms with van der Waals surface area (Å²) < 4.78 is 27.1. The van der Waals surface area contributed by atoms with Crippen LogP contribution < -0.4 is 0 Å². The number of nitrogens with zero attached hydrogens (tertiary/aromatic N) is 1. The maximum atomic E-state index is 12.9. The minimum atomic E-state index is -3.67. The molecule has 0 radical (unpaired) electrons. The van der Waals surface area contributed by atoms with Crippen LogP contribution in [0.25, 0.3) is 0 Å². The molecule has 0 saturated carbocycles. The Morgan fingerprint density at radius 2 is 1.67 bits per heavy atom. The van der Waals surface area contributed by atoms with E-state index in [9.17, 15) is 13.2 Å². The van der Waals surface area contributed by atoms with Crippen LogP contribution in [0.5, 0.6) is 0 Å². The highest BCUT2D eigenvalue weighted by Gasteiger charge is 2.24. The Hall–Kier alpha value is -2.18. The largest absolute Gasteiger partial charge is 0.481 e. The fourth-order valence-corrected chi connectivity index (χ4v) is 3.80. The van der Waals surface area contributed by atoms with Gasteiger partial charge in [0.05, 0.1) is 4.90 Å². The van der Waals surface area contributed by atoms with Crippen LogP contribution in [-0.4, -0.2) is 30.3 Å². The SMILES string of the molecule is Cc1ccc(S(=O)(=O)N(CCCC(=O)O)Cc2ccccc2)cc1. The standard InChI is InChI=1S/C18H21NO4S/c1-15-9-11-17(12-10-15)24(22,23)19(13-5-8-18(20)21)14-16-6-3-2-4-7-16/h2-4,6-7,9-12H,5,8,13-14H2,1H3,(H,20,21). The average Bonchev–Trinajstić information content (AvgIpc) is 2.55. The van der Waals surface area contributed by atoms with Crippen molar-refractivity contribution in [2.24, 2.45) is 0 Å². The minimum Gasteiger partial charge on any atom is -0.481 e. The minimum absolute atomic E-state index is 0.0608. The molecule has 0 amide bonds. The zero-order chi connectivity index (χ0) is 17.6. The lowest BCUT2D eigenvalue weighted by atomic mass is 10.2. The molecule has 2 rings (SSSR count). The lowest BCUT2D eigenvalue weighted by Gasteiger charge is -2.22. The molecule has 0 aromatic heterocycles. The number of hydrogen-bond acceptors (Lipinski definition) is 3. The Bertz CT molecular complexity index is 770. The molecule has 0 aliphatic rings. The van der Waals surface area contributed by atoms with Gasteiger partial charge in [0.15, 0.2) is 0 Å². The Kier molecular flexibility index (Phi) is 6.11. The van der Waals surface area contributed by atoms with Crippen molar-refractivity contribution >= 4 is 16.0 Å². The summed E-state index contributed by atoms with van der Waals surface area (Å²) in [6.07, 6.45) is 0.210. The summed E-state index contributed by atoms with van der Waals surface area (Å²) in [4.78, 5) is 10.9. The van der Waals surface area contributed by atoms with E-state index in [1.807, 2.05) is 37.3 Å². The van der Waals surface area contributed by atoms with Gasteiger partial charge >= 0.3 is 5.97 Å². The second kappa shape index (κ2) is 8.08. The molecule has 2 aromatic carbocycles. The van der Waals surface area contributed by atoms with Crippen molar-refractivity contribution in [3.05, 3.63) is 65.7 Å². The highest BCUT2D eigenvalue weighted by molar-refractivity contribution is 7.89. The molecule has 6 heteroatoms. The van der Waals surface area contributed by atoms with Gasteiger partial charge in [-0.15, -0.1) is 0 Å². The summed E-state index contributed by atoms with van der Waals surface area (Å²) in [6.45, 7) is 2.28. The van der Waals surface area contributed by atoms with E-state index >= 15 is 0 Å². The first-order valence-electron chi connectivity index (χ1n) is 7.72. The Labute approximate surface area is 142 Å². The molecule has 0 heterocycles. The van der Waals surface area contributed by atoms with Crippen LogP contribution in [-0.2, 0) is 21.4 Å². The van der Waals surface area contributed by atoms with Crippen molar-refractivity contribution in [2.75, 3.05) is 6.54 Å². The van der Waals surface area contributed by atoms with Crippen LogP contribution in [0.1, 0.15) is 24.0 Å². The van der Waals surface area contributed by atoms with Crippen molar-refractivity contribution in [1.82, 2.24) is 4.31 Å². The molecule has 0 bridgehead atoms. The van der Waals surface area contributed by atoms with Gasteiger partial charge in [-0.3, -0.25) is 4.79 Å². The van der Waals surface area contributed by atoms with Crippen molar-refractivity contribution in [1.29, 1.82) is 0 Å². The molecule has 0 fully saturated rings. The van der Waals surface area contributed by atoms with Crippen LogP contribution in [0.3, 0.4) is 0 Å². The average molecular weight is 347 g/mol. The van der Waals surface area contributed by atoms with E-state index in [0.717, 1.165) is 11.1 Å². The van der Waals surface area contributed by atoms with Crippen LogP contribution in [0.4, 0.5) is 0 Å². The summed E-state index contributed by atoms with van der Waals surface area (Å²) >= 11 is 0. The molecule has 0 aliphatic heterocycles. The van der Waals surface area contributed by atoms with Crippen molar-refractivity contribution in [3.63, 3.8) is 0 Å². The molecular weight excluding hydrogens is 326 g/mol. The summed E-state index contributed by atoms with van der Waals surface area (Å²) in [6, 6.07) is 16.0. The third-order valence-corrected chi connectivity index (χ3v) is 5.52. The molecule has 24 heavy (non-hydrogen) atoms. The molecule has 5 nitrogen and oxygen atoms in total. The number of rotatable bonds is 8. The summed E-state index contributed by atoms with van der Waals surface area (Å²) in [5.74, 6) is -0.928. The Morgan fingerprint density at radius 3 is 2.25 bits per heavy atom. The fourth-order valence-electron chi connectivity index (χ4n) is 2.34. The molecule has 2 aromatic rings. The number of carbonyl (C=O) groups is 1. The van der Waals surface area contributed by atoms with Gasteiger partial charge in [0.1, 0.15) is 0 Å². The molecule has 1 N–H and O–H groups in total. The number of carboxylic acid groups (broad SMARTS) is 1. The molecule has 0 saturated heterocycles. The first kappa shape index (κ1) is 18.2. The van der Waals surface area contributed by atoms with Gasteiger partial charge in [0.2, 0.25) is 10.0 Å². The van der Waals surface area contributed by atoms with Gasteiger partial charge in [0.25, 0.3) is 0 Å². The summed E-state index contributed by atoms with van der Waals surface area (Å²) in [5.41, 5.74) is 1.85. The van der Waals surface area contributed by atoms with Gasteiger partial charge in [-0.25, -0.2) is 8.42 Å². The van der Waals surface area contributed by atoms with E-state index in [1.165, 1.54) is 4.31 Å². The first-order valence-corrected chi connectivity index (χ1v) is 9.16. The third kappa shape index (κ3) is 4.91. The molecule has 128 valence electrons. The third-order valence-electron chi connectivity index (χ3n) is 3.66. The van der Waals surface area contributed by atoms with E-state index < -0.39 is 16.0 Å². The van der Waals surface area contributed by atoms with Crippen LogP contribution in [0.15, 0.2) is 59.5 Å². The topological polar surface area (TPSA) is 74.7 Å². The molecule has 0 unspecified atom stereocenters. The lowest BCUT2D eigenvalue weighted by Crippen LogP contribution is -2.32. The van der Waals surface area contributed by atoms with Crippen LogP contribution in [0, 0.1) is 6.92 Å². The van der Waals surface area contributed by atoms with Gasteiger partial charge in [-0.1, -0.05) is 48.0 Å². The fraction of sp³-hybridized carbons (Fsp3) is 0.278. The number of carboxylic acids is 1. The number of sulfonamides is 1. The maximum Gasteiger partial charge on any atom is 0.303 e. The van der Waals surface area contributed by atoms with Gasteiger partial charge < -0.3 is 5.11 Å². The zero-order valence-electron chi connectivity index (χ0n) is 13.6. The molecule has 0 aliphatic carbocycles. The van der Waals surface area contributed by atoms with E-state index in [2.05, 4.69) is 0 Å². The normalized spacial score (nSPS) is 11.6. The molecular formula is C18H21NO4S. The van der Waals surface area contributed by atoms with Gasteiger partial charge in [-0.05, 0) is 31.0 Å².